The summed E-state index contributed by atoms with van der Waals surface area (Å²) in [7, 11) is -3.89. The van der Waals surface area contributed by atoms with E-state index in [1.54, 1.807) is 0 Å². The molecule has 1 aliphatic carbocycles. The molecule has 1 N–H and O–H groups in total. The maximum Gasteiger partial charge on any atom is 0.243 e. The van der Waals surface area contributed by atoms with E-state index in [0.29, 0.717) is 31.3 Å². The van der Waals surface area contributed by atoms with E-state index in [1.807, 2.05) is 30.3 Å². The Balaban J connectivity index is 1.33. The molecule has 3 aromatic rings. The standard InChI is InChI=1S/C28H30BrFN4O3S/c29-20-9-7-19(8-10-20)25-18-23(32-28(33-25)31-22-4-1-2-5-22)13-16-27(35)26-6-3-17-34(26)38(36,37)24-14-11-21(30)12-15-24/h7-12,14-15,18,22,26H,1-6,13,16-17H2,(H,31,32,33)/t26-/m0/s1. The molecule has 10 heteroatoms. The fraction of sp³-hybridized carbons (Fsp3) is 0.393. The number of nitrogens with zero attached hydrogens (tertiary/aromatic N) is 3. The van der Waals surface area contributed by atoms with Crippen molar-refractivity contribution in [3.8, 4) is 11.3 Å². The van der Waals surface area contributed by atoms with Gasteiger partial charge in [-0.25, -0.2) is 22.8 Å². The van der Waals surface area contributed by atoms with Crippen LogP contribution in [0.5, 0.6) is 0 Å². The van der Waals surface area contributed by atoms with Crippen LogP contribution in [0.15, 0.2) is 64.0 Å². The highest BCUT2D eigenvalue weighted by atomic mass is 79.9. The Kier molecular flexibility index (Phi) is 8.20. The van der Waals surface area contributed by atoms with Gasteiger partial charge in [0.2, 0.25) is 16.0 Å². The van der Waals surface area contributed by atoms with E-state index in [0.717, 1.165) is 46.4 Å². The third-order valence-corrected chi connectivity index (χ3v) is 9.68. The van der Waals surface area contributed by atoms with Gasteiger partial charge >= 0.3 is 0 Å². The molecule has 0 unspecified atom stereocenters. The molecule has 2 fully saturated rings. The molecule has 1 aromatic heterocycles. The van der Waals surface area contributed by atoms with Gasteiger partial charge in [-0.05, 0) is 74.6 Å². The molecule has 2 heterocycles. The van der Waals surface area contributed by atoms with Crippen molar-refractivity contribution in [1.29, 1.82) is 0 Å². The van der Waals surface area contributed by atoms with Gasteiger partial charge in [-0.3, -0.25) is 4.79 Å². The van der Waals surface area contributed by atoms with Gasteiger partial charge in [0.15, 0.2) is 5.78 Å². The summed E-state index contributed by atoms with van der Waals surface area (Å²) in [4.78, 5) is 22.7. The first-order chi connectivity index (χ1) is 18.3. The Morgan fingerprint density at radius 1 is 1.00 bits per heavy atom. The second-order valence-corrected chi connectivity index (χ2v) is 12.7. The largest absolute Gasteiger partial charge is 0.351 e. The Morgan fingerprint density at radius 2 is 1.71 bits per heavy atom. The van der Waals surface area contributed by atoms with Crippen molar-refractivity contribution >= 4 is 37.7 Å². The van der Waals surface area contributed by atoms with Crippen LogP contribution in [-0.4, -0.2) is 47.1 Å². The number of aromatic nitrogens is 2. The van der Waals surface area contributed by atoms with Crippen LogP contribution in [0.4, 0.5) is 10.3 Å². The molecule has 0 radical (unpaired) electrons. The number of aryl methyl sites for hydroxylation is 1. The molecule has 2 aliphatic rings. The average molecular weight is 602 g/mol. The third-order valence-electron chi connectivity index (χ3n) is 7.23. The number of sulfonamides is 1. The minimum absolute atomic E-state index is 0.00355. The molecule has 200 valence electrons. The van der Waals surface area contributed by atoms with Crippen LogP contribution in [0.25, 0.3) is 11.3 Å². The van der Waals surface area contributed by atoms with E-state index in [-0.39, 0.29) is 23.6 Å². The zero-order valence-corrected chi connectivity index (χ0v) is 23.3. The average Bonchev–Trinajstić information content (AvgIpc) is 3.61. The molecule has 0 amide bonds. The zero-order chi connectivity index (χ0) is 26.7. The van der Waals surface area contributed by atoms with Crippen LogP contribution < -0.4 is 5.32 Å². The van der Waals surface area contributed by atoms with Gasteiger partial charge in [-0.1, -0.05) is 40.9 Å². The van der Waals surface area contributed by atoms with Crippen LogP contribution in [-0.2, 0) is 21.2 Å². The molecule has 0 spiro atoms. The highest BCUT2D eigenvalue weighted by Crippen LogP contribution is 2.29. The van der Waals surface area contributed by atoms with Crippen LogP contribution in [0.3, 0.4) is 0 Å². The molecule has 1 saturated carbocycles. The molecule has 7 nitrogen and oxygen atoms in total. The minimum Gasteiger partial charge on any atom is -0.351 e. The van der Waals surface area contributed by atoms with Gasteiger partial charge in [-0.15, -0.1) is 0 Å². The van der Waals surface area contributed by atoms with E-state index in [9.17, 15) is 17.6 Å². The quantitative estimate of drug-likeness (QED) is 0.336. The fourth-order valence-electron chi connectivity index (χ4n) is 5.22. The summed E-state index contributed by atoms with van der Waals surface area (Å²) in [6.07, 6.45) is 6.16. The number of hydrogen-bond donors (Lipinski definition) is 1. The predicted molar refractivity (Wildman–Crippen MR) is 148 cm³/mol. The normalized spacial score (nSPS) is 18.6. The van der Waals surface area contributed by atoms with Gasteiger partial charge in [0.1, 0.15) is 5.82 Å². The van der Waals surface area contributed by atoms with E-state index in [1.165, 1.54) is 29.3 Å². The van der Waals surface area contributed by atoms with Crippen molar-refractivity contribution in [3.05, 3.63) is 70.6 Å². The van der Waals surface area contributed by atoms with E-state index in [4.69, 9.17) is 9.97 Å². The number of rotatable bonds is 9. The molecule has 1 atom stereocenters. The Labute approximate surface area is 231 Å². The van der Waals surface area contributed by atoms with Crippen LogP contribution in [0.2, 0.25) is 0 Å². The zero-order valence-electron chi connectivity index (χ0n) is 20.9. The van der Waals surface area contributed by atoms with Crippen LogP contribution in [0, 0.1) is 5.82 Å². The van der Waals surface area contributed by atoms with Crippen molar-refractivity contribution in [2.75, 3.05) is 11.9 Å². The highest BCUT2D eigenvalue weighted by Gasteiger charge is 2.39. The summed E-state index contributed by atoms with van der Waals surface area (Å²) < 4.78 is 42.0. The second kappa shape index (κ2) is 11.6. The summed E-state index contributed by atoms with van der Waals surface area (Å²) in [5.74, 6) is -0.0874. The van der Waals surface area contributed by atoms with Gasteiger partial charge in [0.25, 0.3) is 0 Å². The number of ketones is 1. The number of halogens is 2. The molecule has 1 aliphatic heterocycles. The van der Waals surface area contributed by atoms with Crippen molar-refractivity contribution in [2.45, 2.75) is 68.3 Å². The van der Waals surface area contributed by atoms with Gasteiger partial charge in [0.05, 0.1) is 16.6 Å². The fourth-order valence-corrected chi connectivity index (χ4v) is 7.16. The summed E-state index contributed by atoms with van der Waals surface area (Å²) in [6.45, 7) is 0.271. The lowest BCUT2D eigenvalue weighted by Crippen LogP contribution is -2.40. The molecule has 38 heavy (non-hydrogen) atoms. The smallest absolute Gasteiger partial charge is 0.243 e. The third kappa shape index (κ3) is 6.13. The SMILES string of the molecule is O=C(CCc1cc(-c2ccc(Br)cc2)nc(NC2CCCC2)n1)[C@@H]1CCCN1S(=O)(=O)c1ccc(F)cc1. The van der Waals surface area contributed by atoms with Gasteiger partial charge in [0, 0.05) is 34.7 Å². The summed E-state index contributed by atoms with van der Waals surface area (Å²) in [5, 5.41) is 3.46. The predicted octanol–water partition coefficient (Wildman–Crippen LogP) is 5.75. The Hall–Kier alpha value is -2.69. The van der Waals surface area contributed by atoms with E-state index in [2.05, 4.69) is 21.2 Å². The number of carbonyl (C=O) groups excluding carboxylic acids is 1. The number of Topliss-reactive ketones (excluding diaryl/α,β-unsaturated/α-hetero) is 1. The topological polar surface area (TPSA) is 92.3 Å². The minimum atomic E-state index is -3.89. The first-order valence-electron chi connectivity index (χ1n) is 13.0. The van der Waals surface area contributed by atoms with Gasteiger partial charge in [-0.2, -0.15) is 4.31 Å². The van der Waals surface area contributed by atoms with Crippen molar-refractivity contribution in [2.24, 2.45) is 0 Å². The Morgan fingerprint density at radius 3 is 2.42 bits per heavy atom. The maximum atomic E-state index is 13.3. The highest BCUT2D eigenvalue weighted by molar-refractivity contribution is 9.10. The second-order valence-electron chi connectivity index (χ2n) is 9.89. The van der Waals surface area contributed by atoms with Crippen molar-refractivity contribution in [3.63, 3.8) is 0 Å². The molecule has 1 saturated heterocycles. The first kappa shape index (κ1) is 26.9. The molecule has 5 rings (SSSR count). The van der Waals surface area contributed by atoms with E-state index < -0.39 is 21.9 Å². The summed E-state index contributed by atoms with van der Waals surface area (Å²) >= 11 is 3.47. The number of carbonyl (C=O) groups is 1. The molecule has 2 aromatic carbocycles. The summed E-state index contributed by atoms with van der Waals surface area (Å²) in [6, 6.07) is 14.1. The molecule has 0 bridgehead atoms. The number of benzene rings is 2. The van der Waals surface area contributed by atoms with E-state index >= 15 is 0 Å². The lowest BCUT2D eigenvalue weighted by atomic mass is 10.0. The number of hydrogen-bond acceptors (Lipinski definition) is 6. The van der Waals surface area contributed by atoms with Crippen molar-refractivity contribution < 1.29 is 17.6 Å². The number of anilines is 1. The lowest BCUT2D eigenvalue weighted by Gasteiger charge is -2.23. The lowest BCUT2D eigenvalue weighted by molar-refractivity contribution is -0.122. The maximum absolute atomic E-state index is 13.3. The van der Waals surface area contributed by atoms with Crippen LogP contribution in [0.1, 0.15) is 50.6 Å². The first-order valence-corrected chi connectivity index (χ1v) is 15.2. The summed E-state index contributed by atoms with van der Waals surface area (Å²) in [5.41, 5.74) is 2.46. The molecular weight excluding hydrogens is 571 g/mol. The van der Waals surface area contributed by atoms with Crippen molar-refractivity contribution in [1.82, 2.24) is 14.3 Å². The Bertz CT molecular complexity index is 1390. The van der Waals surface area contributed by atoms with Gasteiger partial charge < -0.3 is 5.32 Å². The van der Waals surface area contributed by atoms with Crippen LogP contribution >= 0.6 is 15.9 Å². The molecular formula is C28H30BrFN4O3S. The number of nitrogens with one attached hydrogen (secondary N) is 1. The monoisotopic (exact) mass is 600 g/mol.